The molecule has 0 unspecified atom stereocenters. The minimum atomic E-state index is -0.471. The van der Waals surface area contributed by atoms with Crippen molar-refractivity contribution in [2.24, 2.45) is 5.92 Å². The highest BCUT2D eigenvalue weighted by atomic mass is 79.9. The van der Waals surface area contributed by atoms with Crippen molar-refractivity contribution < 1.29 is 9.18 Å². The summed E-state index contributed by atoms with van der Waals surface area (Å²) in [5.41, 5.74) is 0.171. The predicted octanol–water partition coefficient (Wildman–Crippen LogP) is 4.35. The Labute approximate surface area is 164 Å². The number of hydrogen-bond donors (Lipinski definition) is 1. The number of nitrogens with zero attached hydrogens (tertiary/aromatic N) is 3. The summed E-state index contributed by atoms with van der Waals surface area (Å²) in [6, 6.07) is 6.44. The lowest BCUT2D eigenvalue weighted by Gasteiger charge is -2.31. The molecular formula is C18H20BrFN4OS. The quantitative estimate of drug-likeness (QED) is 0.555. The smallest absolute Gasteiger partial charge is 0.234 e. The van der Waals surface area contributed by atoms with E-state index in [1.807, 2.05) is 6.07 Å². The van der Waals surface area contributed by atoms with Gasteiger partial charge in [-0.05, 0) is 37.0 Å². The molecule has 1 aliphatic rings. The summed E-state index contributed by atoms with van der Waals surface area (Å²) in [5, 5.41) is 3.32. The van der Waals surface area contributed by atoms with Gasteiger partial charge in [-0.1, -0.05) is 34.6 Å². The zero-order valence-corrected chi connectivity index (χ0v) is 16.8. The van der Waals surface area contributed by atoms with Gasteiger partial charge in [0.1, 0.15) is 23.0 Å². The molecule has 0 aliphatic carbocycles. The second-order valence-electron chi connectivity index (χ2n) is 6.37. The van der Waals surface area contributed by atoms with E-state index in [0.717, 1.165) is 30.4 Å². The molecule has 1 aromatic carbocycles. The molecule has 0 saturated carbocycles. The fourth-order valence-corrected chi connectivity index (χ4v) is 3.89. The van der Waals surface area contributed by atoms with E-state index in [-0.39, 0.29) is 17.3 Å². The van der Waals surface area contributed by atoms with Crippen LogP contribution < -0.4 is 10.2 Å². The topological polar surface area (TPSA) is 58.1 Å². The molecule has 2 heterocycles. The van der Waals surface area contributed by atoms with Gasteiger partial charge in [-0.15, -0.1) is 0 Å². The van der Waals surface area contributed by atoms with Gasteiger partial charge < -0.3 is 10.2 Å². The van der Waals surface area contributed by atoms with Crippen molar-refractivity contribution in [3.8, 4) is 0 Å². The van der Waals surface area contributed by atoms with Gasteiger partial charge in [-0.3, -0.25) is 4.79 Å². The first kappa shape index (κ1) is 19.1. The highest BCUT2D eigenvalue weighted by Gasteiger charge is 2.18. The molecule has 1 aliphatic heterocycles. The van der Waals surface area contributed by atoms with Crippen LogP contribution in [-0.4, -0.2) is 34.7 Å². The van der Waals surface area contributed by atoms with Gasteiger partial charge in [0, 0.05) is 23.6 Å². The van der Waals surface area contributed by atoms with E-state index < -0.39 is 5.82 Å². The molecule has 2 aromatic rings. The summed E-state index contributed by atoms with van der Waals surface area (Å²) in [6.45, 7) is 4.23. The molecule has 1 saturated heterocycles. The number of aromatic nitrogens is 2. The summed E-state index contributed by atoms with van der Waals surface area (Å²) in [7, 11) is 0. The number of halogens is 2. The van der Waals surface area contributed by atoms with Crippen molar-refractivity contribution in [3.63, 3.8) is 0 Å². The van der Waals surface area contributed by atoms with Crippen molar-refractivity contribution in [2.45, 2.75) is 24.8 Å². The molecule has 0 radical (unpaired) electrons. The number of piperidine rings is 1. The van der Waals surface area contributed by atoms with Crippen LogP contribution in [-0.2, 0) is 4.79 Å². The highest BCUT2D eigenvalue weighted by Crippen LogP contribution is 2.25. The molecule has 1 aromatic heterocycles. The van der Waals surface area contributed by atoms with Crippen LogP contribution in [0.2, 0.25) is 0 Å². The number of nitrogens with one attached hydrogen (secondary N) is 1. The molecule has 1 fully saturated rings. The number of anilines is 2. The van der Waals surface area contributed by atoms with Crippen LogP contribution in [0.25, 0.3) is 0 Å². The van der Waals surface area contributed by atoms with Crippen LogP contribution in [0.3, 0.4) is 0 Å². The SMILES string of the molecule is C[C@H]1CCCN(c2cc(SCC(=O)Nc3ccc(Br)cc3F)ncn2)C1. The van der Waals surface area contributed by atoms with Crippen molar-refractivity contribution in [1.82, 2.24) is 9.97 Å². The Bertz CT molecular complexity index is 792. The minimum absolute atomic E-state index is 0.155. The Morgan fingerprint density at radius 3 is 3.04 bits per heavy atom. The van der Waals surface area contributed by atoms with Gasteiger partial charge in [0.15, 0.2) is 0 Å². The lowest BCUT2D eigenvalue weighted by molar-refractivity contribution is -0.113. The van der Waals surface area contributed by atoms with Gasteiger partial charge in [0.2, 0.25) is 5.91 Å². The van der Waals surface area contributed by atoms with Crippen molar-refractivity contribution >= 4 is 45.1 Å². The largest absolute Gasteiger partial charge is 0.356 e. The predicted molar refractivity (Wildman–Crippen MR) is 106 cm³/mol. The first-order valence-electron chi connectivity index (χ1n) is 8.46. The number of benzene rings is 1. The maximum atomic E-state index is 13.8. The summed E-state index contributed by atoms with van der Waals surface area (Å²) < 4.78 is 14.4. The lowest BCUT2D eigenvalue weighted by Crippen LogP contribution is -2.34. The van der Waals surface area contributed by atoms with E-state index in [9.17, 15) is 9.18 Å². The van der Waals surface area contributed by atoms with Crippen molar-refractivity contribution in [1.29, 1.82) is 0 Å². The maximum Gasteiger partial charge on any atom is 0.234 e. The molecule has 0 bridgehead atoms. The second-order valence-corrected chi connectivity index (χ2v) is 8.28. The molecule has 3 rings (SSSR count). The highest BCUT2D eigenvalue weighted by molar-refractivity contribution is 9.10. The fraction of sp³-hybridized carbons (Fsp3) is 0.389. The van der Waals surface area contributed by atoms with Gasteiger partial charge in [0.05, 0.1) is 11.4 Å². The Hall–Kier alpha value is -1.67. The molecule has 1 N–H and O–H groups in total. The Kier molecular flexibility index (Phi) is 6.48. The standard InChI is InChI=1S/C18H20BrFN4OS/c1-12-3-2-6-24(9-12)16-8-18(22-11-21-16)26-10-17(25)23-15-5-4-13(19)7-14(15)20/h4-5,7-8,11-12H,2-3,6,9-10H2,1H3,(H,23,25)/t12-/m0/s1. The third kappa shape index (κ3) is 5.17. The zero-order valence-electron chi connectivity index (χ0n) is 14.4. The fourth-order valence-electron chi connectivity index (χ4n) is 2.90. The first-order valence-corrected chi connectivity index (χ1v) is 10.2. The lowest BCUT2D eigenvalue weighted by atomic mass is 10.0. The second kappa shape index (κ2) is 8.81. The summed E-state index contributed by atoms with van der Waals surface area (Å²) in [4.78, 5) is 22.9. The van der Waals surface area contributed by atoms with E-state index in [2.05, 4.69) is 43.0 Å². The number of thioether (sulfide) groups is 1. The molecule has 5 nitrogen and oxygen atoms in total. The van der Waals surface area contributed by atoms with Crippen molar-refractivity contribution in [2.75, 3.05) is 29.1 Å². The zero-order chi connectivity index (χ0) is 18.5. The van der Waals surface area contributed by atoms with E-state index in [1.165, 1.54) is 36.6 Å². The number of amides is 1. The van der Waals surface area contributed by atoms with E-state index in [0.29, 0.717) is 10.4 Å². The molecular weight excluding hydrogens is 419 g/mol. The number of rotatable bonds is 5. The van der Waals surface area contributed by atoms with Crippen molar-refractivity contribution in [3.05, 3.63) is 40.9 Å². The third-order valence-corrected chi connectivity index (χ3v) is 5.58. The van der Waals surface area contributed by atoms with E-state index in [4.69, 9.17) is 0 Å². The van der Waals surface area contributed by atoms with Gasteiger partial charge in [-0.25, -0.2) is 14.4 Å². The summed E-state index contributed by atoms with van der Waals surface area (Å²) in [6.07, 6.45) is 3.94. The van der Waals surface area contributed by atoms with E-state index in [1.54, 1.807) is 6.07 Å². The normalized spacial score (nSPS) is 17.2. The third-order valence-electron chi connectivity index (χ3n) is 4.16. The maximum absolute atomic E-state index is 13.8. The molecule has 1 amide bonds. The van der Waals surface area contributed by atoms with E-state index >= 15 is 0 Å². The molecule has 26 heavy (non-hydrogen) atoms. The monoisotopic (exact) mass is 438 g/mol. The average Bonchev–Trinajstić information content (AvgIpc) is 2.63. The van der Waals surface area contributed by atoms with Crippen LogP contribution in [0.4, 0.5) is 15.9 Å². The summed E-state index contributed by atoms with van der Waals surface area (Å²) in [5.74, 6) is 0.960. The average molecular weight is 439 g/mol. The number of hydrogen-bond acceptors (Lipinski definition) is 5. The molecule has 8 heteroatoms. The van der Waals surface area contributed by atoms with Crippen LogP contribution in [0.15, 0.2) is 40.1 Å². The van der Waals surface area contributed by atoms with Gasteiger partial charge in [-0.2, -0.15) is 0 Å². The Balaban J connectivity index is 1.57. The molecule has 0 spiro atoms. The Morgan fingerprint density at radius 1 is 1.42 bits per heavy atom. The molecule has 138 valence electrons. The minimum Gasteiger partial charge on any atom is -0.356 e. The van der Waals surface area contributed by atoms with Crippen LogP contribution in [0, 0.1) is 11.7 Å². The van der Waals surface area contributed by atoms with Crippen LogP contribution in [0.5, 0.6) is 0 Å². The van der Waals surface area contributed by atoms with Gasteiger partial charge in [0.25, 0.3) is 0 Å². The van der Waals surface area contributed by atoms with Crippen LogP contribution >= 0.6 is 27.7 Å². The van der Waals surface area contributed by atoms with Crippen LogP contribution in [0.1, 0.15) is 19.8 Å². The molecule has 1 atom stereocenters. The Morgan fingerprint density at radius 2 is 2.27 bits per heavy atom. The first-order chi connectivity index (χ1) is 12.5. The number of carbonyl (C=O) groups is 1. The number of carbonyl (C=O) groups excluding carboxylic acids is 1. The summed E-state index contributed by atoms with van der Waals surface area (Å²) >= 11 is 4.51. The van der Waals surface area contributed by atoms with Gasteiger partial charge >= 0.3 is 0 Å².